The van der Waals surface area contributed by atoms with Crippen molar-refractivity contribution in [3.63, 3.8) is 0 Å². The Morgan fingerprint density at radius 2 is 1.56 bits per heavy atom. The number of anilines is 2. The molecule has 0 unspecified atom stereocenters. The summed E-state index contributed by atoms with van der Waals surface area (Å²) >= 11 is 3.37. The highest BCUT2D eigenvalue weighted by molar-refractivity contribution is 9.10. The van der Waals surface area contributed by atoms with Gasteiger partial charge in [-0.15, -0.1) is 0 Å². The molecule has 0 fully saturated rings. The third-order valence-electron chi connectivity index (χ3n) is 5.45. The van der Waals surface area contributed by atoms with Gasteiger partial charge in [-0.1, -0.05) is 46.3 Å². The fraction of sp³-hybridized carbons (Fsp3) is 0.0714. The lowest BCUT2D eigenvalue weighted by molar-refractivity contribution is -0.113. The molecule has 0 spiro atoms. The molecule has 0 atom stereocenters. The van der Waals surface area contributed by atoms with Gasteiger partial charge < -0.3 is 20.1 Å². The molecule has 4 rings (SSSR count). The molecule has 41 heavy (non-hydrogen) atoms. The Hall–Kier alpha value is -4.75. The lowest BCUT2D eigenvalue weighted by Crippen LogP contribution is -2.30. The van der Waals surface area contributed by atoms with Crippen molar-refractivity contribution >= 4 is 55.3 Å². The van der Waals surface area contributed by atoms with Crippen molar-refractivity contribution in [3.8, 4) is 11.9 Å². The number of halogens is 1. The van der Waals surface area contributed by atoms with Crippen molar-refractivity contribution < 1.29 is 27.5 Å². The molecule has 0 bridgehead atoms. The monoisotopic (exact) mass is 637 g/mol. The maximum Gasteiger partial charge on any atom is 0.321 e. The smallest absolute Gasteiger partial charge is 0.321 e. The van der Waals surface area contributed by atoms with Gasteiger partial charge in [0.05, 0.1) is 19.1 Å². The van der Waals surface area contributed by atoms with E-state index in [4.69, 9.17) is 9.47 Å². The number of carbonyl (C=O) groups is 2. The number of hydrogen-bond donors (Lipinski definition) is 3. The highest BCUT2D eigenvalue weighted by Gasteiger charge is 2.19. The normalized spacial score (nSPS) is 11.3. The first-order valence-electron chi connectivity index (χ1n) is 11.9. The zero-order valence-electron chi connectivity index (χ0n) is 21.8. The molecule has 4 aromatic rings. The number of aromatic nitrogens is 2. The summed E-state index contributed by atoms with van der Waals surface area (Å²) < 4.78 is 39.1. The van der Waals surface area contributed by atoms with Crippen molar-refractivity contribution in [3.05, 3.63) is 106 Å². The molecule has 1 heterocycles. The second-order valence-electron chi connectivity index (χ2n) is 8.30. The highest BCUT2D eigenvalue weighted by Crippen LogP contribution is 2.22. The van der Waals surface area contributed by atoms with Crippen LogP contribution in [0.4, 0.5) is 11.5 Å². The summed E-state index contributed by atoms with van der Waals surface area (Å²) in [5, 5.41) is 5.35. The molecule has 0 aliphatic heterocycles. The molecular formula is C28H24BrN5O6S. The van der Waals surface area contributed by atoms with E-state index in [0.29, 0.717) is 16.8 Å². The summed E-state index contributed by atoms with van der Waals surface area (Å²) in [6.45, 7) is 0. The minimum absolute atomic E-state index is 0.00815. The van der Waals surface area contributed by atoms with Gasteiger partial charge in [0.2, 0.25) is 5.88 Å². The maximum absolute atomic E-state index is 13.2. The molecule has 210 valence electrons. The van der Waals surface area contributed by atoms with E-state index in [2.05, 4.69) is 41.3 Å². The fourth-order valence-corrected chi connectivity index (χ4v) is 4.69. The molecule has 11 nitrogen and oxygen atoms in total. The molecule has 3 aromatic carbocycles. The Bertz CT molecular complexity index is 1660. The minimum Gasteiger partial charge on any atom is -0.481 e. The number of nitrogens with zero attached hydrogens (tertiary/aromatic N) is 2. The first-order valence-corrected chi connectivity index (χ1v) is 14.2. The number of sulfonamides is 1. The van der Waals surface area contributed by atoms with Gasteiger partial charge in [-0.05, 0) is 60.2 Å². The van der Waals surface area contributed by atoms with Crippen LogP contribution in [0.25, 0.3) is 6.08 Å². The van der Waals surface area contributed by atoms with Gasteiger partial charge in [-0.3, -0.25) is 14.3 Å². The van der Waals surface area contributed by atoms with Crippen molar-refractivity contribution in [1.82, 2.24) is 15.3 Å². The average Bonchev–Trinajstić information content (AvgIpc) is 2.98. The Kier molecular flexibility index (Phi) is 9.32. The van der Waals surface area contributed by atoms with E-state index in [9.17, 15) is 18.0 Å². The zero-order chi connectivity index (χ0) is 29.4. The van der Waals surface area contributed by atoms with Gasteiger partial charge in [0, 0.05) is 21.8 Å². The molecule has 3 N–H and O–H groups in total. The second kappa shape index (κ2) is 13.1. The van der Waals surface area contributed by atoms with Crippen molar-refractivity contribution in [1.29, 1.82) is 0 Å². The molecule has 0 radical (unpaired) electrons. The van der Waals surface area contributed by atoms with Crippen LogP contribution in [0.1, 0.15) is 15.9 Å². The van der Waals surface area contributed by atoms with E-state index in [1.807, 2.05) is 0 Å². The summed E-state index contributed by atoms with van der Waals surface area (Å²) in [5.74, 6) is -1.01. The summed E-state index contributed by atoms with van der Waals surface area (Å²) in [4.78, 5) is 33.8. The number of nitrogens with one attached hydrogen (secondary N) is 3. The summed E-state index contributed by atoms with van der Waals surface area (Å²) in [7, 11) is -1.34. The van der Waals surface area contributed by atoms with E-state index < -0.39 is 21.8 Å². The molecule has 0 aliphatic carbocycles. The molecule has 0 saturated heterocycles. The lowest BCUT2D eigenvalue weighted by Gasteiger charge is -2.12. The van der Waals surface area contributed by atoms with Gasteiger partial charge in [-0.25, -0.2) is 8.42 Å². The van der Waals surface area contributed by atoms with Gasteiger partial charge in [-0.2, -0.15) is 9.97 Å². The predicted octanol–water partition coefficient (Wildman–Crippen LogP) is 4.47. The van der Waals surface area contributed by atoms with Gasteiger partial charge in [0.15, 0.2) is 5.82 Å². The van der Waals surface area contributed by atoms with Crippen LogP contribution < -0.4 is 24.8 Å². The molecule has 1 aromatic heterocycles. The molecule has 0 aliphatic rings. The highest BCUT2D eigenvalue weighted by atomic mass is 79.9. The summed E-state index contributed by atoms with van der Waals surface area (Å²) in [5.41, 5.74) is 1.35. The molecule has 2 amide bonds. The number of hydrogen-bond acceptors (Lipinski definition) is 8. The Morgan fingerprint density at radius 3 is 2.20 bits per heavy atom. The van der Waals surface area contributed by atoms with E-state index in [1.165, 1.54) is 50.6 Å². The van der Waals surface area contributed by atoms with Crippen LogP contribution in [-0.4, -0.2) is 44.4 Å². The number of ether oxygens (including phenoxy) is 2. The van der Waals surface area contributed by atoms with E-state index in [1.54, 1.807) is 54.6 Å². The molecule has 0 saturated carbocycles. The van der Waals surface area contributed by atoms with Gasteiger partial charge >= 0.3 is 6.01 Å². The first kappa shape index (κ1) is 29.2. The first-order chi connectivity index (χ1) is 19.7. The third kappa shape index (κ3) is 7.90. The van der Waals surface area contributed by atoms with E-state index in [-0.39, 0.29) is 28.3 Å². The number of carbonyl (C=O) groups excluding carboxylic acids is 2. The van der Waals surface area contributed by atoms with Crippen molar-refractivity contribution in [2.75, 3.05) is 24.3 Å². The summed E-state index contributed by atoms with van der Waals surface area (Å²) in [6, 6.07) is 22.3. The van der Waals surface area contributed by atoms with Crippen LogP contribution in [-0.2, 0) is 14.8 Å². The Morgan fingerprint density at radius 1 is 0.878 bits per heavy atom. The molecule has 13 heteroatoms. The number of benzene rings is 3. The standard InChI is InChI=1S/C28H24BrN5O6S/c1-39-25-17-24(32-28(33-25)40-2)34-41(37,38)22-14-12-21(13-15-22)30-27(36)23(16-18-8-10-20(29)11-9-18)31-26(35)19-6-4-3-5-7-19/h3-17H,1-2H3,(H,30,36)(H,31,35)(H,32,33,34)/b23-16+. The van der Waals surface area contributed by atoms with Crippen LogP contribution in [0.2, 0.25) is 0 Å². The summed E-state index contributed by atoms with van der Waals surface area (Å²) in [6.07, 6.45) is 1.54. The third-order valence-corrected chi connectivity index (χ3v) is 7.34. The molecular weight excluding hydrogens is 614 g/mol. The SMILES string of the molecule is COc1cc(NS(=O)(=O)c2ccc(NC(=O)/C(=C\c3ccc(Br)cc3)NC(=O)c3ccccc3)cc2)nc(OC)n1. The average molecular weight is 638 g/mol. The van der Waals surface area contributed by atoms with E-state index in [0.717, 1.165) is 4.47 Å². The van der Waals surface area contributed by atoms with Gasteiger partial charge in [0.1, 0.15) is 5.70 Å². The van der Waals surface area contributed by atoms with Crippen LogP contribution in [0, 0.1) is 0 Å². The van der Waals surface area contributed by atoms with Crippen LogP contribution >= 0.6 is 15.9 Å². The zero-order valence-corrected chi connectivity index (χ0v) is 24.2. The number of amides is 2. The second-order valence-corrected chi connectivity index (χ2v) is 10.9. The van der Waals surface area contributed by atoms with Gasteiger partial charge in [0.25, 0.3) is 21.8 Å². The van der Waals surface area contributed by atoms with Crippen molar-refractivity contribution in [2.45, 2.75) is 4.90 Å². The van der Waals surface area contributed by atoms with Crippen LogP contribution in [0.15, 0.2) is 100.0 Å². The van der Waals surface area contributed by atoms with Crippen molar-refractivity contribution in [2.24, 2.45) is 0 Å². The number of rotatable bonds is 10. The quantitative estimate of drug-likeness (QED) is 0.216. The van der Waals surface area contributed by atoms with Crippen LogP contribution in [0.5, 0.6) is 11.9 Å². The maximum atomic E-state index is 13.2. The van der Waals surface area contributed by atoms with E-state index >= 15 is 0 Å². The Balaban J connectivity index is 1.53. The largest absolute Gasteiger partial charge is 0.481 e. The minimum atomic E-state index is -4.05. The number of methoxy groups -OCH3 is 2. The van der Waals surface area contributed by atoms with Crippen LogP contribution in [0.3, 0.4) is 0 Å². The lowest BCUT2D eigenvalue weighted by atomic mass is 10.1. The fourth-order valence-electron chi connectivity index (χ4n) is 3.43. The predicted molar refractivity (Wildman–Crippen MR) is 157 cm³/mol. The Labute approximate surface area is 244 Å². The topological polar surface area (TPSA) is 149 Å².